The molecule has 1 aliphatic rings. The second-order valence-corrected chi connectivity index (χ2v) is 7.29. The van der Waals surface area contributed by atoms with Crippen molar-refractivity contribution in [3.63, 3.8) is 0 Å². The highest BCUT2D eigenvalue weighted by atomic mass is 16.5. The van der Waals surface area contributed by atoms with Gasteiger partial charge in [-0.25, -0.2) is 0 Å². The van der Waals surface area contributed by atoms with Gasteiger partial charge in [0, 0.05) is 30.5 Å². The van der Waals surface area contributed by atoms with E-state index in [1.54, 1.807) is 31.4 Å². The summed E-state index contributed by atoms with van der Waals surface area (Å²) in [5.74, 6) is 0.819. The lowest BCUT2D eigenvalue weighted by atomic mass is 10.0. The van der Waals surface area contributed by atoms with Crippen LogP contribution in [0.4, 0.5) is 0 Å². The van der Waals surface area contributed by atoms with Gasteiger partial charge in [0.15, 0.2) is 5.78 Å². The number of methoxy groups -OCH3 is 1. The van der Waals surface area contributed by atoms with Crippen molar-refractivity contribution >= 4 is 11.7 Å². The van der Waals surface area contributed by atoms with E-state index in [9.17, 15) is 9.59 Å². The second-order valence-electron chi connectivity index (χ2n) is 7.29. The summed E-state index contributed by atoms with van der Waals surface area (Å²) in [5, 5.41) is 3.02. The van der Waals surface area contributed by atoms with Gasteiger partial charge in [-0.1, -0.05) is 0 Å². The van der Waals surface area contributed by atoms with Crippen molar-refractivity contribution in [2.45, 2.75) is 51.5 Å². The summed E-state index contributed by atoms with van der Waals surface area (Å²) < 4.78 is 5.08. The molecular weight excluding hydrogens is 316 g/mol. The van der Waals surface area contributed by atoms with Crippen molar-refractivity contribution in [1.82, 2.24) is 10.2 Å². The summed E-state index contributed by atoms with van der Waals surface area (Å²) in [6.45, 7) is 7.22. The SMILES string of the molecule is COc1ccc(C(=O)CCCC(=O)NCC(C)(C)N2CCCC2)cc1. The molecule has 1 aromatic carbocycles. The molecule has 1 aromatic rings. The van der Waals surface area contributed by atoms with Crippen LogP contribution in [-0.4, -0.2) is 48.9 Å². The minimum atomic E-state index is -0.00886. The lowest BCUT2D eigenvalue weighted by Gasteiger charge is -2.35. The zero-order valence-corrected chi connectivity index (χ0v) is 15.6. The Morgan fingerprint density at radius 1 is 1.12 bits per heavy atom. The van der Waals surface area contributed by atoms with E-state index in [1.807, 2.05) is 0 Å². The Morgan fingerprint density at radius 2 is 1.76 bits per heavy atom. The number of nitrogens with zero attached hydrogens (tertiary/aromatic N) is 1. The van der Waals surface area contributed by atoms with Crippen LogP contribution >= 0.6 is 0 Å². The third kappa shape index (κ3) is 5.85. The monoisotopic (exact) mass is 346 g/mol. The van der Waals surface area contributed by atoms with Crippen molar-refractivity contribution in [2.75, 3.05) is 26.7 Å². The van der Waals surface area contributed by atoms with Gasteiger partial charge in [0.05, 0.1) is 7.11 Å². The number of carbonyl (C=O) groups is 2. The second kappa shape index (κ2) is 8.99. The van der Waals surface area contributed by atoms with E-state index in [4.69, 9.17) is 4.74 Å². The zero-order valence-electron chi connectivity index (χ0n) is 15.6. The van der Waals surface area contributed by atoms with Gasteiger partial charge in [0.1, 0.15) is 5.75 Å². The van der Waals surface area contributed by atoms with E-state index in [0.717, 1.165) is 18.8 Å². The normalized spacial score (nSPS) is 15.2. The number of ketones is 1. The van der Waals surface area contributed by atoms with Crippen molar-refractivity contribution < 1.29 is 14.3 Å². The number of amides is 1. The lowest BCUT2D eigenvalue weighted by Crippen LogP contribution is -2.50. The predicted octanol–water partition coefficient (Wildman–Crippen LogP) is 3.04. The van der Waals surface area contributed by atoms with Crippen LogP contribution in [0.15, 0.2) is 24.3 Å². The molecule has 5 nitrogen and oxygen atoms in total. The summed E-state index contributed by atoms with van der Waals surface area (Å²) in [6.07, 6.45) is 3.82. The first-order valence-corrected chi connectivity index (χ1v) is 9.11. The Bertz CT molecular complexity index is 575. The van der Waals surface area contributed by atoms with E-state index in [0.29, 0.717) is 31.4 Å². The first-order valence-electron chi connectivity index (χ1n) is 9.11. The van der Waals surface area contributed by atoms with Crippen molar-refractivity contribution in [2.24, 2.45) is 0 Å². The van der Waals surface area contributed by atoms with Gasteiger partial charge < -0.3 is 10.1 Å². The minimum absolute atomic E-state index is 0.00886. The highest BCUT2D eigenvalue weighted by molar-refractivity contribution is 5.96. The molecule has 1 N–H and O–H groups in total. The van der Waals surface area contributed by atoms with Gasteiger partial charge in [0.2, 0.25) is 5.91 Å². The molecule has 0 bridgehead atoms. The van der Waals surface area contributed by atoms with Crippen LogP contribution in [0.5, 0.6) is 5.75 Å². The molecule has 25 heavy (non-hydrogen) atoms. The molecule has 1 fully saturated rings. The number of carbonyl (C=O) groups excluding carboxylic acids is 2. The summed E-state index contributed by atoms with van der Waals surface area (Å²) in [6, 6.07) is 7.08. The molecule has 1 amide bonds. The zero-order chi connectivity index (χ0) is 18.3. The molecule has 1 aliphatic heterocycles. The van der Waals surface area contributed by atoms with Crippen molar-refractivity contribution in [3.05, 3.63) is 29.8 Å². The fourth-order valence-corrected chi connectivity index (χ4v) is 3.17. The number of hydrogen-bond donors (Lipinski definition) is 1. The Balaban J connectivity index is 1.68. The molecule has 138 valence electrons. The van der Waals surface area contributed by atoms with Gasteiger partial charge in [0.25, 0.3) is 0 Å². The number of hydrogen-bond acceptors (Lipinski definition) is 4. The third-order valence-electron chi connectivity index (χ3n) is 4.90. The van der Waals surface area contributed by atoms with Crippen LogP contribution in [0.1, 0.15) is 56.3 Å². The number of rotatable bonds is 9. The molecule has 0 aromatic heterocycles. The maximum atomic E-state index is 12.1. The standard InChI is InChI=1S/C20H30N2O3/c1-20(2,22-13-4-5-14-22)15-21-19(24)8-6-7-18(23)16-9-11-17(25-3)12-10-16/h9-12H,4-8,13-15H2,1-3H3,(H,21,24). The van der Waals surface area contributed by atoms with E-state index in [-0.39, 0.29) is 17.2 Å². The van der Waals surface area contributed by atoms with E-state index < -0.39 is 0 Å². The van der Waals surface area contributed by atoms with Gasteiger partial charge in [-0.3, -0.25) is 14.5 Å². The molecule has 1 heterocycles. The fourth-order valence-electron chi connectivity index (χ4n) is 3.17. The maximum absolute atomic E-state index is 12.1. The molecule has 0 aliphatic carbocycles. The largest absolute Gasteiger partial charge is 0.497 e. The highest BCUT2D eigenvalue weighted by Gasteiger charge is 2.29. The van der Waals surface area contributed by atoms with Crippen molar-refractivity contribution in [1.29, 1.82) is 0 Å². The summed E-state index contributed by atoms with van der Waals surface area (Å²) in [5.41, 5.74) is 0.654. The summed E-state index contributed by atoms with van der Waals surface area (Å²) in [7, 11) is 1.60. The average molecular weight is 346 g/mol. The molecule has 0 saturated carbocycles. The third-order valence-corrected chi connectivity index (χ3v) is 4.90. The van der Waals surface area contributed by atoms with Gasteiger partial charge in [-0.05, 0) is 70.5 Å². The number of likely N-dealkylation sites (tertiary alicyclic amines) is 1. The van der Waals surface area contributed by atoms with Crippen LogP contribution in [0, 0.1) is 0 Å². The van der Waals surface area contributed by atoms with Crippen LogP contribution in [-0.2, 0) is 4.79 Å². The number of Topliss-reactive ketones (excluding diaryl/α,β-unsaturated/α-hetero) is 1. The molecule has 0 unspecified atom stereocenters. The van der Waals surface area contributed by atoms with Crippen LogP contribution < -0.4 is 10.1 Å². The van der Waals surface area contributed by atoms with Crippen LogP contribution in [0.2, 0.25) is 0 Å². The lowest BCUT2D eigenvalue weighted by molar-refractivity contribution is -0.121. The Labute approximate surface area is 150 Å². The van der Waals surface area contributed by atoms with Crippen molar-refractivity contribution in [3.8, 4) is 5.75 Å². The Hall–Kier alpha value is -1.88. The van der Waals surface area contributed by atoms with Crippen LogP contribution in [0.3, 0.4) is 0 Å². The maximum Gasteiger partial charge on any atom is 0.220 e. The average Bonchev–Trinajstić information content (AvgIpc) is 3.15. The summed E-state index contributed by atoms with van der Waals surface area (Å²) in [4.78, 5) is 26.6. The molecular formula is C20H30N2O3. The predicted molar refractivity (Wildman–Crippen MR) is 99.1 cm³/mol. The van der Waals surface area contributed by atoms with Gasteiger partial charge in [-0.15, -0.1) is 0 Å². The highest BCUT2D eigenvalue weighted by Crippen LogP contribution is 2.20. The van der Waals surface area contributed by atoms with Gasteiger partial charge >= 0.3 is 0 Å². The van der Waals surface area contributed by atoms with Crippen LogP contribution in [0.25, 0.3) is 0 Å². The number of benzene rings is 1. The minimum Gasteiger partial charge on any atom is -0.497 e. The summed E-state index contributed by atoms with van der Waals surface area (Å²) >= 11 is 0. The first kappa shape index (κ1) is 19.4. The topological polar surface area (TPSA) is 58.6 Å². The smallest absolute Gasteiger partial charge is 0.220 e. The molecule has 0 atom stereocenters. The number of ether oxygens (including phenoxy) is 1. The fraction of sp³-hybridized carbons (Fsp3) is 0.600. The Kier molecular flexibility index (Phi) is 7.00. The molecule has 1 saturated heterocycles. The first-order chi connectivity index (χ1) is 11.9. The van der Waals surface area contributed by atoms with E-state index >= 15 is 0 Å². The molecule has 0 spiro atoms. The number of nitrogens with one attached hydrogen (secondary N) is 1. The molecule has 5 heteroatoms. The van der Waals surface area contributed by atoms with E-state index in [2.05, 4.69) is 24.1 Å². The quantitative estimate of drug-likeness (QED) is 0.698. The molecule has 2 rings (SSSR count). The Morgan fingerprint density at radius 3 is 2.36 bits per heavy atom. The molecule has 0 radical (unpaired) electrons. The van der Waals surface area contributed by atoms with Gasteiger partial charge in [-0.2, -0.15) is 0 Å². The van der Waals surface area contributed by atoms with E-state index in [1.165, 1.54) is 12.8 Å².